The van der Waals surface area contributed by atoms with Crippen molar-refractivity contribution in [1.82, 2.24) is 9.80 Å². The Bertz CT molecular complexity index is 954. The second-order valence-electron chi connectivity index (χ2n) is 10.1. The summed E-state index contributed by atoms with van der Waals surface area (Å²) < 4.78 is 6.11. The monoisotopic (exact) mass is 460 g/mol. The lowest BCUT2D eigenvalue weighted by Crippen LogP contribution is -2.21. The lowest BCUT2D eigenvalue weighted by Gasteiger charge is -2.21. The fourth-order valence-electron chi connectivity index (χ4n) is 5.53. The number of hydrogen-bond acceptors (Lipinski definition) is 5. The van der Waals surface area contributed by atoms with Crippen molar-refractivity contribution < 1.29 is 14.3 Å². The minimum atomic E-state index is 0.203. The van der Waals surface area contributed by atoms with Crippen LogP contribution < -0.4 is 4.74 Å². The first-order valence-corrected chi connectivity index (χ1v) is 13.1. The van der Waals surface area contributed by atoms with E-state index in [9.17, 15) is 9.59 Å². The fraction of sp³-hybridized carbons (Fsp3) is 0.517. The van der Waals surface area contributed by atoms with Gasteiger partial charge in [-0.25, -0.2) is 0 Å². The highest BCUT2D eigenvalue weighted by molar-refractivity contribution is 5.97. The van der Waals surface area contributed by atoms with Crippen molar-refractivity contribution in [3.63, 3.8) is 0 Å². The molecule has 0 aliphatic carbocycles. The van der Waals surface area contributed by atoms with Crippen molar-refractivity contribution in [2.75, 3.05) is 39.3 Å². The van der Waals surface area contributed by atoms with Gasteiger partial charge in [0, 0.05) is 41.5 Å². The molecule has 5 rings (SSSR count). The first-order valence-electron chi connectivity index (χ1n) is 13.1. The molecule has 2 saturated heterocycles. The molecule has 0 atom stereocenters. The predicted molar refractivity (Wildman–Crippen MR) is 134 cm³/mol. The minimum absolute atomic E-state index is 0.203. The van der Waals surface area contributed by atoms with Gasteiger partial charge in [0.15, 0.2) is 11.6 Å². The van der Waals surface area contributed by atoms with Gasteiger partial charge in [0.05, 0.1) is 0 Å². The minimum Gasteiger partial charge on any atom is -0.457 e. The summed E-state index contributed by atoms with van der Waals surface area (Å²) in [7, 11) is 0. The number of nitrogens with zero attached hydrogens (tertiary/aromatic N) is 2. The van der Waals surface area contributed by atoms with E-state index >= 15 is 0 Å². The molecule has 34 heavy (non-hydrogen) atoms. The Hall–Kier alpha value is -2.50. The van der Waals surface area contributed by atoms with Crippen molar-refractivity contribution in [2.24, 2.45) is 0 Å². The van der Waals surface area contributed by atoms with E-state index in [4.69, 9.17) is 4.74 Å². The van der Waals surface area contributed by atoms with E-state index in [1.54, 1.807) is 0 Å². The number of carbonyl (C=O) groups excluding carboxylic acids is 2. The molecule has 0 bridgehead atoms. The van der Waals surface area contributed by atoms with Crippen LogP contribution in [0.25, 0.3) is 0 Å². The molecule has 5 nitrogen and oxygen atoms in total. The maximum atomic E-state index is 12.8. The molecule has 2 fully saturated rings. The van der Waals surface area contributed by atoms with Gasteiger partial charge >= 0.3 is 0 Å². The van der Waals surface area contributed by atoms with Gasteiger partial charge in [0.25, 0.3) is 0 Å². The summed E-state index contributed by atoms with van der Waals surface area (Å²) in [6.07, 6.45) is 8.83. The first kappa shape index (κ1) is 23.3. The molecule has 0 aromatic heterocycles. The molecule has 0 spiro atoms. The molecule has 180 valence electrons. The van der Waals surface area contributed by atoms with Gasteiger partial charge in [0.1, 0.15) is 11.5 Å². The molecule has 0 unspecified atom stereocenters. The largest absolute Gasteiger partial charge is 0.457 e. The third-order valence-electron chi connectivity index (χ3n) is 7.52. The number of carbonyl (C=O) groups is 2. The number of fused-ring (bicyclic) bond motifs is 2. The zero-order valence-corrected chi connectivity index (χ0v) is 20.2. The van der Waals surface area contributed by atoms with Crippen LogP contribution in [0.1, 0.15) is 83.2 Å². The molecular weight excluding hydrogens is 424 g/mol. The third-order valence-corrected chi connectivity index (χ3v) is 7.52. The lowest BCUT2D eigenvalue weighted by atomic mass is 9.94. The van der Waals surface area contributed by atoms with Crippen molar-refractivity contribution in [1.29, 1.82) is 0 Å². The highest BCUT2D eigenvalue weighted by atomic mass is 16.5. The van der Waals surface area contributed by atoms with Crippen LogP contribution in [-0.4, -0.2) is 60.6 Å². The summed E-state index contributed by atoms with van der Waals surface area (Å²) in [6, 6.07) is 11.6. The van der Waals surface area contributed by atoms with Gasteiger partial charge in [-0.3, -0.25) is 9.59 Å². The van der Waals surface area contributed by atoms with Gasteiger partial charge in [-0.2, -0.15) is 0 Å². The van der Waals surface area contributed by atoms with Crippen molar-refractivity contribution >= 4 is 11.6 Å². The molecule has 0 amide bonds. The quantitative estimate of drug-likeness (QED) is 0.374. The Kier molecular flexibility index (Phi) is 7.41. The maximum absolute atomic E-state index is 12.8. The first-order chi connectivity index (χ1) is 16.7. The number of likely N-dealkylation sites (tertiary alicyclic amines) is 2. The van der Waals surface area contributed by atoms with Crippen molar-refractivity contribution in [3.05, 3.63) is 58.7 Å². The topological polar surface area (TPSA) is 49.9 Å². The van der Waals surface area contributed by atoms with E-state index in [0.29, 0.717) is 19.3 Å². The molecular formula is C29H36N2O3. The number of ketones is 2. The predicted octanol–water partition coefficient (Wildman–Crippen LogP) is 5.50. The highest BCUT2D eigenvalue weighted by Crippen LogP contribution is 2.37. The molecule has 3 aliphatic rings. The molecule has 0 saturated carbocycles. The van der Waals surface area contributed by atoms with Crippen LogP contribution in [0.3, 0.4) is 0 Å². The Balaban J connectivity index is 1.18. The highest BCUT2D eigenvalue weighted by Gasteiger charge is 2.21. The molecule has 2 aromatic rings. The second-order valence-corrected chi connectivity index (χ2v) is 10.1. The van der Waals surface area contributed by atoms with E-state index in [1.165, 1.54) is 51.9 Å². The molecule has 0 N–H and O–H groups in total. The Morgan fingerprint density at radius 2 is 1.12 bits per heavy atom. The van der Waals surface area contributed by atoms with E-state index < -0.39 is 0 Å². The van der Waals surface area contributed by atoms with Crippen LogP contribution in [-0.2, 0) is 6.42 Å². The van der Waals surface area contributed by atoms with Gasteiger partial charge in [-0.05, 0) is 114 Å². The Labute approximate surface area is 203 Å². The van der Waals surface area contributed by atoms with Gasteiger partial charge in [-0.1, -0.05) is 0 Å². The van der Waals surface area contributed by atoms with Crippen LogP contribution in [0.15, 0.2) is 36.4 Å². The van der Waals surface area contributed by atoms with E-state index in [1.807, 2.05) is 36.4 Å². The van der Waals surface area contributed by atoms with Gasteiger partial charge in [0.2, 0.25) is 0 Å². The van der Waals surface area contributed by atoms with Crippen molar-refractivity contribution in [2.45, 2.75) is 57.8 Å². The second kappa shape index (κ2) is 10.8. The van der Waals surface area contributed by atoms with E-state index in [0.717, 1.165) is 59.7 Å². The number of benzene rings is 2. The normalized spacial score (nSPS) is 17.9. The Morgan fingerprint density at radius 3 is 1.56 bits per heavy atom. The lowest BCUT2D eigenvalue weighted by molar-refractivity contribution is 0.0968. The maximum Gasteiger partial charge on any atom is 0.162 e. The zero-order chi connectivity index (χ0) is 23.3. The zero-order valence-electron chi connectivity index (χ0n) is 20.2. The van der Waals surface area contributed by atoms with E-state index in [2.05, 4.69) is 9.80 Å². The molecule has 3 aliphatic heterocycles. The molecule has 5 heteroatoms. The Morgan fingerprint density at radius 1 is 0.676 bits per heavy atom. The fourth-order valence-corrected chi connectivity index (χ4v) is 5.53. The summed E-state index contributed by atoms with van der Waals surface area (Å²) in [5, 5.41) is 0. The smallest absolute Gasteiger partial charge is 0.162 e. The molecule has 0 radical (unpaired) electrons. The standard InChI is InChI=1S/C29H36N2O3/c32-26(7-5-17-30-13-1-2-14-30)22-9-11-28-24(19-22)21-25-20-23(10-12-29(25)34-28)27(33)8-6-18-31-15-3-4-16-31/h9-12,19-20H,1-8,13-18,21H2. The average molecular weight is 461 g/mol. The van der Waals surface area contributed by atoms with Crippen LogP contribution in [0.4, 0.5) is 0 Å². The van der Waals surface area contributed by atoms with Crippen LogP contribution in [0, 0.1) is 0 Å². The molecule has 3 heterocycles. The summed E-state index contributed by atoms with van der Waals surface area (Å²) in [4.78, 5) is 30.5. The summed E-state index contributed by atoms with van der Waals surface area (Å²) >= 11 is 0. The number of hydrogen-bond donors (Lipinski definition) is 0. The summed E-state index contributed by atoms with van der Waals surface area (Å²) in [6.45, 7) is 6.73. The van der Waals surface area contributed by atoms with Crippen molar-refractivity contribution in [3.8, 4) is 11.5 Å². The number of ether oxygens (including phenoxy) is 1. The molecule has 2 aromatic carbocycles. The van der Waals surface area contributed by atoms with Crippen LogP contribution in [0.5, 0.6) is 11.5 Å². The van der Waals surface area contributed by atoms with Crippen LogP contribution in [0.2, 0.25) is 0 Å². The van der Waals surface area contributed by atoms with Gasteiger partial charge < -0.3 is 14.5 Å². The SMILES string of the molecule is O=C(CCCN1CCCC1)c1ccc2c(c1)Cc1cc(C(=O)CCCN3CCCC3)ccc1O2. The van der Waals surface area contributed by atoms with Crippen LogP contribution >= 0.6 is 0 Å². The summed E-state index contributed by atoms with van der Waals surface area (Å²) in [5.41, 5.74) is 3.58. The third kappa shape index (κ3) is 5.59. The number of rotatable bonds is 10. The average Bonchev–Trinajstić information content (AvgIpc) is 3.56. The number of Topliss-reactive ketones (excluding diaryl/α,β-unsaturated/α-hetero) is 2. The van der Waals surface area contributed by atoms with Gasteiger partial charge in [-0.15, -0.1) is 0 Å². The summed E-state index contributed by atoms with van der Waals surface area (Å²) in [5.74, 6) is 2.03. The van der Waals surface area contributed by atoms with E-state index in [-0.39, 0.29) is 11.6 Å².